The van der Waals surface area contributed by atoms with Gasteiger partial charge in [-0.3, -0.25) is 4.79 Å². The van der Waals surface area contributed by atoms with Crippen LogP contribution in [0.2, 0.25) is 0 Å². The second-order valence-corrected chi connectivity index (χ2v) is 5.01. The minimum atomic E-state index is -0.751. The number of unbranched alkanes of at least 4 members (excludes halogenated alkanes) is 3. The first-order valence-corrected chi connectivity index (χ1v) is 6.90. The van der Waals surface area contributed by atoms with Crippen molar-refractivity contribution in [3.05, 3.63) is 0 Å². The molecule has 0 aliphatic heterocycles. The first-order valence-electron chi connectivity index (χ1n) is 6.90. The topological polar surface area (TPSA) is 78.4 Å². The molecule has 1 rings (SSSR count). The van der Waals surface area contributed by atoms with Crippen molar-refractivity contribution in [2.45, 2.75) is 57.9 Å². The van der Waals surface area contributed by atoms with Gasteiger partial charge in [0.05, 0.1) is 5.92 Å². The maximum Gasteiger partial charge on any atom is 0.315 e. The number of aliphatic carboxylic acids is 1. The van der Waals surface area contributed by atoms with E-state index in [0.29, 0.717) is 19.4 Å². The third kappa shape index (κ3) is 5.38. The predicted molar refractivity (Wildman–Crippen MR) is 69.4 cm³/mol. The number of amides is 2. The van der Waals surface area contributed by atoms with Gasteiger partial charge < -0.3 is 15.7 Å². The van der Waals surface area contributed by atoms with Gasteiger partial charge in [0.1, 0.15) is 0 Å². The first-order chi connectivity index (χ1) is 8.63. The molecule has 1 aliphatic rings. The quantitative estimate of drug-likeness (QED) is 0.610. The molecule has 0 saturated heterocycles. The molecule has 0 unspecified atom stereocenters. The fourth-order valence-corrected chi connectivity index (χ4v) is 2.33. The predicted octanol–water partition coefficient (Wildman–Crippen LogP) is 2.12. The van der Waals surface area contributed by atoms with E-state index in [1.165, 1.54) is 12.8 Å². The minimum absolute atomic E-state index is 0.0155. The minimum Gasteiger partial charge on any atom is -0.481 e. The van der Waals surface area contributed by atoms with Crippen molar-refractivity contribution in [1.29, 1.82) is 0 Å². The summed E-state index contributed by atoms with van der Waals surface area (Å²) in [7, 11) is 0. The van der Waals surface area contributed by atoms with Crippen LogP contribution in [0, 0.1) is 5.92 Å². The molecule has 1 saturated carbocycles. The monoisotopic (exact) mass is 256 g/mol. The first kappa shape index (κ1) is 14.8. The summed E-state index contributed by atoms with van der Waals surface area (Å²) in [6.07, 6.45) is 6.51. The molecule has 5 heteroatoms. The van der Waals surface area contributed by atoms with Gasteiger partial charge in [-0.15, -0.1) is 0 Å². The molecular weight excluding hydrogens is 232 g/mol. The zero-order chi connectivity index (χ0) is 13.4. The maximum absolute atomic E-state index is 11.5. The smallest absolute Gasteiger partial charge is 0.315 e. The molecule has 1 fully saturated rings. The van der Waals surface area contributed by atoms with Crippen molar-refractivity contribution in [1.82, 2.24) is 10.6 Å². The molecule has 0 heterocycles. The van der Waals surface area contributed by atoms with Gasteiger partial charge in [-0.25, -0.2) is 4.79 Å². The van der Waals surface area contributed by atoms with E-state index < -0.39 is 5.97 Å². The lowest BCUT2D eigenvalue weighted by atomic mass is 10.1. The highest BCUT2D eigenvalue weighted by Crippen LogP contribution is 2.25. The normalized spacial score (nSPS) is 22.7. The van der Waals surface area contributed by atoms with Crippen molar-refractivity contribution < 1.29 is 14.7 Å². The van der Waals surface area contributed by atoms with Crippen molar-refractivity contribution in [3.8, 4) is 0 Å². The standard InChI is InChI=1S/C13H24N2O3/c1-2-3-4-5-8-14-13(18)15-11-7-6-10(9-11)12(16)17/h10-11H,2-9H2,1H3,(H,16,17)(H2,14,15,18)/t10-,11+/m1/s1. The van der Waals surface area contributed by atoms with Crippen molar-refractivity contribution >= 4 is 12.0 Å². The van der Waals surface area contributed by atoms with Gasteiger partial charge >= 0.3 is 12.0 Å². The molecule has 3 N–H and O–H groups in total. The molecule has 2 atom stereocenters. The molecule has 2 amide bonds. The zero-order valence-corrected chi connectivity index (χ0v) is 11.1. The number of carbonyl (C=O) groups excluding carboxylic acids is 1. The van der Waals surface area contributed by atoms with Crippen LogP contribution in [0.3, 0.4) is 0 Å². The van der Waals surface area contributed by atoms with E-state index in [0.717, 1.165) is 19.3 Å². The average molecular weight is 256 g/mol. The van der Waals surface area contributed by atoms with Gasteiger partial charge in [-0.1, -0.05) is 26.2 Å². The fraction of sp³-hybridized carbons (Fsp3) is 0.846. The summed E-state index contributed by atoms with van der Waals surface area (Å²) in [6.45, 7) is 2.85. The lowest BCUT2D eigenvalue weighted by Crippen LogP contribution is -2.41. The van der Waals surface area contributed by atoms with E-state index in [9.17, 15) is 9.59 Å². The summed E-state index contributed by atoms with van der Waals surface area (Å²) in [5.74, 6) is -1.04. The molecular formula is C13H24N2O3. The molecule has 0 aromatic carbocycles. The lowest BCUT2D eigenvalue weighted by molar-refractivity contribution is -0.141. The van der Waals surface area contributed by atoms with Crippen molar-refractivity contribution in [2.24, 2.45) is 5.92 Å². The Hall–Kier alpha value is -1.26. The number of carboxylic acid groups (broad SMARTS) is 1. The van der Waals surface area contributed by atoms with Crippen LogP contribution >= 0.6 is 0 Å². The highest BCUT2D eigenvalue weighted by Gasteiger charge is 2.30. The van der Waals surface area contributed by atoms with Gasteiger partial charge in [0.25, 0.3) is 0 Å². The van der Waals surface area contributed by atoms with Crippen LogP contribution in [0.25, 0.3) is 0 Å². The van der Waals surface area contributed by atoms with Crippen LogP contribution in [0.5, 0.6) is 0 Å². The Kier molecular flexibility index (Phi) is 6.54. The summed E-state index contributed by atoms with van der Waals surface area (Å²) in [5, 5.41) is 14.5. The number of nitrogens with one attached hydrogen (secondary N) is 2. The van der Waals surface area contributed by atoms with E-state index in [2.05, 4.69) is 17.6 Å². The lowest BCUT2D eigenvalue weighted by Gasteiger charge is -2.13. The largest absolute Gasteiger partial charge is 0.481 e. The Morgan fingerprint density at radius 2 is 2.00 bits per heavy atom. The number of hydrogen-bond acceptors (Lipinski definition) is 2. The number of rotatable bonds is 7. The van der Waals surface area contributed by atoms with Gasteiger partial charge in [0.15, 0.2) is 0 Å². The third-order valence-electron chi connectivity index (χ3n) is 3.43. The molecule has 1 aliphatic carbocycles. The number of hydrogen-bond donors (Lipinski definition) is 3. The van der Waals surface area contributed by atoms with Gasteiger partial charge in [0.2, 0.25) is 0 Å². The summed E-state index contributed by atoms with van der Waals surface area (Å²) >= 11 is 0. The molecule has 104 valence electrons. The van der Waals surface area contributed by atoms with Gasteiger partial charge in [-0.05, 0) is 25.7 Å². The molecule has 0 bridgehead atoms. The molecule has 5 nitrogen and oxygen atoms in total. The van der Waals surface area contributed by atoms with E-state index >= 15 is 0 Å². The zero-order valence-electron chi connectivity index (χ0n) is 11.1. The van der Waals surface area contributed by atoms with E-state index in [4.69, 9.17) is 5.11 Å². The number of urea groups is 1. The summed E-state index contributed by atoms with van der Waals surface area (Å²) in [5.41, 5.74) is 0. The Bertz CT molecular complexity index is 281. The van der Waals surface area contributed by atoms with Crippen LogP contribution in [0.4, 0.5) is 4.79 Å². The van der Waals surface area contributed by atoms with Gasteiger partial charge in [-0.2, -0.15) is 0 Å². The average Bonchev–Trinajstić information content (AvgIpc) is 2.77. The molecule has 0 aromatic rings. The number of carbonyl (C=O) groups is 2. The van der Waals surface area contributed by atoms with E-state index in [1.54, 1.807) is 0 Å². The second kappa shape index (κ2) is 7.95. The summed E-state index contributed by atoms with van der Waals surface area (Å²) in [4.78, 5) is 22.3. The SMILES string of the molecule is CCCCCCNC(=O)N[C@H]1CC[C@@H](C(=O)O)C1. The van der Waals surface area contributed by atoms with Crippen LogP contribution in [-0.4, -0.2) is 29.7 Å². The van der Waals surface area contributed by atoms with Crippen LogP contribution in [0.15, 0.2) is 0 Å². The van der Waals surface area contributed by atoms with Crippen LogP contribution in [-0.2, 0) is 4.79 Å². The Balaban J connectivity index is 2.08. The van der Waals surface area contributed by atoms with Crippen molar-refractivity contribution in [2.75, 3.05) is 6.54 Å². The molecule has 0 spiro atoms. The Labute approximate surface area is 108 Å². The molecule has 0 radical (unpaired) electrons. The van der Waals surface area contributed by atoms with Crippen molar-refractivity contribution in [3.63, 3.8) is 0 Å². The van der Waals surface area contributed by atoms with Crippen LogP contribution < -0.4 is 10.6 Å². The molecule has 18 heavy (non-hydrogen) atoms. The summed E-state index contributed by atoms with van der Waals surface area (Å²) < 4.78 is 0. The maximum atomic E-state index is 11.5. The Morgan fingerprint density at radius 1 is 1.22 bits per heavy atom. The van der Waals surface area contributed by atoms with E-state index in [-0.39, 0.29) is 18.0 Å². The summed E-state index contributed by atoms with van der Waals surface area (Å²) in [6, 6.07) is -0.149. The number of carboxylic acids is 1. The highest BCUT2D eigenvalue weighted by molar-refractivity contribution is 5.75. The Morgan fingerprint density at radius 3 is 2.61 bits per heavy atom. The third-order valence-corrected chi connectivity index (χ3v) is 3.43. The molecule has 0 aromatic heterocycles. The fourth-order valence-electron chi connectivity index (χ4n) is 2.33. The van der Waals surface area contributed by atoms with Gasteiger partial charge in [0, 0.05) is 12.6 Å². The van der Waals surface area contributed by atoms with E-state index in [1.807, 2.05) is 0 Å². The second-order valence-electron chi connectivity index (χ2n) is 5.01. The van der Waals surface area contributed by atoms with Crippen LogP contribution in [0.1, 0.15) is 51.9 Å². The highest BCUT2D eigenvalue weighted by atomic mass is 16.4.